The van der Waals surface area contributed by atoms with E-state index >= 15 is 0 Å². The van der Waals surface area contributed by atoms with E-state index < -0.39 is 0 Å². The highest BCUT2D eigenvalue weighted by molar-refractivity contribution is 4.88. The van der Waals surface area contributed by atoms with Gasteiger partial charge in [-0.15, -0.1) is 0 Å². The largest absolute Gasteiger partial charge is 0.339 e. The molecule has 2 rings (SSSR count). The summed E-state index contributed by atoms with van der Waals surface area (Å²) < 4.78 is 5.17. The lowest BCUT2D eigenvalue weighted by Gasteiger charge is -2.30. The molecule has 5 nitrogen and oxygen atoms in total. The van der Waals surface area contributed by atoms with Crippen molar-refractivity contribution in [2.45, 2.75) is 39.3 Å². The minimum Gasteiger partial charge on any atom is -0.339 e. The quantitative estimate of drug-likeness (QED) is 0.820. The molecule has 5 heteroatoms. The van der Waals surface area contributed by atoms with E-state index in [1.807, 2.05) is 0 Å². The summed E-state index contributed by atoms with van der Waals surface area (Å²) in [4.78, 5) is 6.74. The van der Waals surface area contributed by atoms with Crippen LogP contribution < -0.4 is 5.32 Å². The second-order valence-electron chi connectivity index (χ2n) is 4.44. The zero-order chi connectivity index (χ0) is 11.4. The molecular formula is C11H20N4O. The number of nitrogens with zero attached hydrogens (tertiary/aromatic N) is 3. The molecule has 0 spiro atoms. The van der Waals surface area contributed by atoms with Crippen LogP contribution in [0.25, 0.3) is 0 Å². The predicted octanol–water partition coefficient (Wildman–Crippen LogP) is 0.816. The zero-order valence-corrected chi connectivity index (χ0v) is 10.1. The summed E-state index contributed by atoms with van der Waals surface area (Å²) in [6, 6.07) is 0.552. The first-order valence-electron chi connectivity index (χ1n) is 6.05. The van der Waals surface area contributed by atoms with Crippen LogP contribution in [0.1, 0.15) is 32.0 Å². The Morgan fingerprint density at radius 3 is 3.19 bits per heavy atom. The molecule has 90 valence electrons. The van der Waals surface area contributed by atoms with Gasteiger partial charge in [-0.1, -0.05) is 12.1 Å². The second kappa shape index (κ2) is 5.41. The van der Waals surface area contributed by atoms with Gasteiger partial charge in [0.05, 0.1) is 6.54 Å². The SMILES string of the molecule is CCCc1nc(CN2CCN[C@@H](C)C2)no1. The molecule has 1 N–H and O–H groups in total. The van der Waals surface area contributed by atoms with Crippen molar-refractivity contribution in [3.63, 3.8) is 0 Å². The van der Waals surface area contributed by atoms with E-state index in [4.69, 9.17) is 4.52 Å². The van der Waals surface area contributed by atoms with E-state index in [2.05, 4.69) is 34.2 Å². The van der Waals surface area contributed by atoms with Gasteiger partial charge in [0.2, 0.25) is 5.89 Å². The van der Waals surface area contributed by atoms with Crippen LogP contribution in [0.3, 0.4) is 0 Å². The van der Waals surface area contributed by atoms with E-state index in [1.165, 1.54) is 0 Å². The van der Waals surface area contributed by atoms with Gasteiger partial charge in [-0.05, 0) is 13.3 Å². The van der Waals surface area contributed by atoms with E-state index in [9.17, 15) is 0 Å². The standard InChI is InChI=1S/C11H20N4O/c1-3-4-11-13-10(14-16-11)8-15-6-5-12-9(2)7-15/h9,12H,3-8H2,1-2H3/t9-/m0/s1. The number of piperazine rings is 1. The van der Waals surface area contributed by atoms with Crippen molar-refractivity contribution in [3.05, 3.63) is 11.7 Å². The Labute approximate surface area is 96.2 Å². The summed E-state index contributed by atoms with van der Waals surface area (Å²) in [5, 5.41) is 7.42. The Morgan fingerprint density at radius 1 is 1.56 bits per heavy atom. The fourth-order valence-corrected chi connectivity index (χ4v) is 2.03. The fourth-order valence-electron chi connectivity index (χ4n) is 2.03. The first-order valence-corrected chi connectivity index (χ1v) is 6.05. The Hall–Kier alpha value is -0.940. The van der Waals surface area contributed by atoms with E-state index in [0.717, 1.165) is 50.7 Å². The summed E-state index contributed by atoms with van der Waals surface area (Å²) in [7, 11) is 0. The summed E-state index contributed by atoms with van der Waals surface area (Å²) in [5.74, 6) is 1.58. The smallest absolute Gasteiger partial charge is 0.226 e. The zero-order valence-electron chi connectivity index (χ0n) is 10.1. The van der Waals surface area contributed by atoms with Crippen LogP contribution in [0.5, 0.6) is 0 Å². The van der Waals surface area contributed by atoms with Crippen LogP contribution in [-0.2, 0) is 13.0 Å². The summed E-state index contributed by atoms with van der Waals surface area (Å²) in [6.45, 7) is 8.27. The second-order valence-corrected chi connectivity index (χ2v) is 4.44. The maximum atomic E-state index is 5.17. The molecule has 0 aliphatic carbocycles. The van der Waals surface area contributed by atoms with E-state index in [-0.39, 0.29) is 0 Å². The van der Waals surface area contributed by atoms with Gasteiger partial charge < -0.3 is 9.84 Å². The molecule has 1 aromatic heterocycles. The number of aryl methyl sites for hydroxylation is 1. The topological polar surface area (TPSA) is 54.2 Å². The normalized spacial score (nSPS) is 22.5. The number of rotatable bonds is 4. The summed E-state index contributed by atoms with van der Waals surface area (Å²) in [6.07, 6.45) is 1.93. The first-order chi connectivity index (χ1) is 7.78. The van der Waals surface area contributed by atoms with Crippen molar-refractivity contribution < 1.29 is 4.52 Å². The van der Waals surface area contributed by atoms with Gasteiger partial charge in [-0.3, -0.25) is 4.90 Å². The van der Waals surface area contributed by atoms with Crippen molar-refractivity contribution in [2.24, 2.45) is 0 Å². The third-order valence-corrected chi connectivity index (χ3v) is 2.79. The lowest BCUT2D eigenvalue weighted by Crippen LogP contribution is -2.48. The minimum atomic E-state index is 0.552. The van der Waals surface area contributed by atoms with Crippen molar-refractivity contribution in [1.29, 1.82) is 0 Å². The van der Waals surface area contributed by atoms with Crippen LogP contribution in [0.4, 0.5) is 0 Å². The number of hydrogen-bond donors (Lipinski definition) is 1. The van der Waals surface area contributed by atoms with Crippen molar-refractivity contribution in [2.75, 3.05) is 19.6 Å². The van der Waals surface area contributed by atoms with Gasteiger partial charge in [0.1, 0.15) is 0 Å². The maximum absolute atomic E-state index is 5.17. The van der Waals surface area contributed by atoms with Gasteiger partial charge in [-0.2, -0.15) is 4.98 Å². The van der Waals surface area contributed by atoms with Crippen molar-refractivity contribution in [3.8, 4) is 0 Å². The molecule has 16 heavy (non-hydrogen) atoms. The molecule has 0 amide bonds. The molecule has 0 radical (unpaired) electrons. The highest BCUT2D eigenvalue weighted by atomic mass is 16.5. The Bertz CT molecular complexity index is 326. The molecule has 1 atom stereocenters. The Morgan fingerprint density at radius 2 is 2.44 bits per heavy atom. The minimum absolute atomic E-state index is 0.552. The van der Waals surface area contributed by atoms with Gasteiger partial charge in [0, 0.05) is 32.1 Å². The van der Waals surface area contributed by atoms with Crippen LogP contribution in [0.15, 0.2) is 4.52 Å². The number of nitrogens with one attached hydrogen (secondary N) is 1. The number of aromatic nitrogens is 2. The highest BCUT2D eigenvalue weighted by Gasteiger charge is 2.17. The van der Waals surface area contributed by atoms with Crippen molar-refractivity contribution in [1.82, 2.24) is 20.4 Å². The first kappa shape index (κ1) is 11.5. The molecule has 1 aliphatic rings. The fraction of sp³-hybridized carbons (Fsp3) is 0.818. The number of hydrogen-bond acceptors (Lipinski definition) is 5. The average molecular weight is 224 g/mol. The summed E-state index contributed by atoms with van der Waals surface area (Å²) >= 11 is 0. The third kappa shape index (κ3) is 3.02. The van der Waals surface area contributed by atoms with E-state index in [0.29, 0.717) is 6.04 Å². The van der Waals surface area contributed by atoms with Crippen LogP contribution >= 0.6 is 0 Å². The monoisotopic (exact) mass is 224 g/mol. The molecule has 1 aromatic rings. The molecule has 2 heterocycles. The van der Waals surface area contributed by atoms with Gasteiger partial charge in [0.15, 0.2) is 5.82 Å². The lowest BCUT2D eigenvalue weighted by atomic mass is 10.2. The van der Waals surface area contributed by atoms with Gasteiger partial charge in [-0.25, -0.2) is 0 Å². The summed E-state index contributed by atoms with van der Waals surface area (Å²) in [5.41, 5.74) is 0. The van der Waals surface area contributed by atoms with E-state index in [1.54, 1.807) is 0 Å². The predicted molar refractivity (Wildman–Crippen MR) is 61.0 cm³/mol. The Balaban J connectivity index is 1.87. The highest BCUT2D eigenvalue weighted by Crippen LogP contribution is 2.06. The maximum Gasteiger partial charge on any atom is 0.226 e. The molecular weight excluding hydrogens is 204 g/mol. The van der Waals surface area contributed by atoms with Crippen molar-refractivity contribution >= 4 is 0 Å². The van der Waals surface area contributed by atoms with Crippen LogP contribution in [0.2, 0.25) is 0 Å². The molecule has 1 saturated heterocycles. The third-order valence-electron chi connectivity index (χ3n) is 2.79. The van der Waals surface area contributed by atoms with Crippen LogP contribution in [0, 0.1) is 0 Å². The average Bonchev–Trinajstić information content (AvgIpc) is 2.66. The lowest BCUT2D eigenvalue weighted by molar-refractivity contribution is 0.193. The molecule has 0 aromatic carbocycles. The van der Waals surface area contributed by atoms with Gasteiger partial charge >= 0.3 is 0 Å². The Kier molecular flexibility index (Phi) is 3.90. The molecule has 0 saturated carbocycles. The molecule has 1 fully saturated rings. The molecule has 0 bridgehead atoms. The van der Waals surface area contributed by atoms with Crippen LogP contribution in [-0.4, -0.2) is 40.7 Å². The molecule has 1 aliphatic heterocycles. The molecule has 0 unspecified atom stereocenters. The van der Waals surface area contributed by atoms with Gasteiger partial charge in [0.25, 0.3) is 0 Å².